The monoisotopic (exact) mass is 396 g/mol. The molecule has 1 aliphatic heterocycles. The van der Waals surface area contributed by atoms with Gasteiger partial charge in [0.2, 0.25) is 0 Å². The Kier molecular flexibility index (Phi) is 5.15. The Morgan fingerprint density at radius 3 is 2.56 bits per heavy atom. The second kappa shape index (κ2) is 7.17. The first-order chi connectivity index (χ1) is 12.0. The average Bonchev–Trinajstić information content (AvgIpc) is 3.17. The lowest BCUT2D eigenvalue weighted by Crippen LogP contribution is -2.35. The van der Waals surface area contributed by atoms with Crippen LogP contribution in [0.3, 0.4) is 0 Å². The summed E-state index contributed by atoms with van der Waals surface area (Å²) in [5, 5.41) is 11.5. The molecule has 130 valence electrons. The summed E-state index contributed by atoms with van der Waals surface area (Å²) in [5.41, 5.74) is 0.773. The van der Waals surface area contributed by atoms with Gasteiger partial charge in [-0.1, -0.05) is 35.3 Å². The Labute approximate surface area is 158 Å². The van der Waals surface area contributed by atoms with Crippen molar-refractivity contribution in [3.63, 3.8) is 0 Å². The summed E-state index contributed by atoms with van der Waals surface area (Å²) in [6.07, 6.45) is 0. The number of hydrogen-bond donors (Lipinski definition) is 1. The lowest BCUT2D eigenvalue weighted by atomic mass is 10.2. The van der Waals surface area contributed by atoms with Gasteiger partial charge in [0.25, 0.3) is 11.8 Å². The summed E-state index contributed by atoms with van der Waals surface area (Å²) in [7, 11) is 1.66. The normalized spacial score (nSPS) is 14.6. The molecular weight excluding hydrogens is 383 g/mol. The van der Waals surface area contributed by atoms with Gasteiger partial charge in [-0.05, 0) is 23.6 Å². The van der Waals surface area contributed by atoms with Crippen LogP contribution in [0, 0.1) is 0 Å². The Hall–Kier alpha value is -1.86. The van der Waals surface area contributed by atoms with Crippen molar-refractivity contribution in [1.82, 2.24) is 4.90 Å². The van der Waals surface area contributed by atoms with E-state index in [9.17, 15) is 14.7 Å². The number of amides is 2. The molecule has 0 fully saturated rings. The molecule has 1 aliphatic rings. The highest BCUT2D eigenvalue weighted by Crippen LogP contribution is 2.40. The minimum absolute atomic E-state index is 0.141. The largest absolute Gasteiger partial charge is 0.395 e. The van der Waals surface area contributed by atoms with Gasteiger partial charge in [-0.15, -0.1) is 11.3 Å². The summed E-state index contributed by atoms with van der Waals surface area (Å²) in [5.74, 6) is -0.954. The van der Waals surface area contributed by atoms with Crippen molar-refractivity contribution in [2.24, 2.45) is 0 Å². The third-order valence-corrected chi connectivity index (χ3v) is 5.51. The number of anilines is 1. The van der Waals surface area contributed by atoms with Crippen LogP contribution in [0.15, 0.2) is 41.4 Å². The zero-order valence-electron chi connectivity index (χ0n) is 13.2. The Bertz CT molecular complexity index is 865. The number of hydrogen-bond acceptors (Lipinski definition) is 5. The average molecular weight is 397 g/mol. The van der Waals surface area contributed by atoms with Crippen LogP contribution in [0.1, 0.15) is 4.88 Å². The molecule has 0 aliphatic carbocycles. The summed E-state index contributed by atoms with van der Waals surface area (Å²) >= 11 is 13.6. The highest BCUT2D eigenvalue weighted by atomic mass is 35.5. The van der Waals surface area contributed by atoms with Crippen LogP contribution < -0.4 is 4.90 Å². The predicted molar refractivity (Wildman–Crippen MR) is 99.9 cm³/mol. The van der Waals surface area contributed by atoms with Crippen molar-refractivity contribution >= 4 is 57.6 Å². The van der Waals surface area contributed by atoms with Gasteiger partial charge in [-0.25, -0.2) is 4.90 Å². The number of rotatable bonds is 5. The van der Waals surface area contributed by atoms with E-state index in [-0.39, 0.29) is 34.6 Å². The van der Waals surface area contributed by atoms with Crippen molar-refractivity contribution in [2.45, 2.75) is 0 Å². The molecule has 2 amide bonds. The first-order valence-electron chi connectivity index (χ1n) is 7.40. The van der Waals surface area contributed by atoms with E-state index in [1.807, 2.05) is 11.4 Å². The van der Waals surface area contributed by atoms with Gasteiger partial charge >= 0.3 is 0 Å². The van der Waals surface area contributed by atoms with Crippen LogP contribution in [-0.2, 0) is 9.59 Å². The topological polar surface area (TPSA) is 60.9 Å². The predicted octanol–water partition coefficient (Wildman–Crippen LogP) is 3.26. The number of nitrogens with zero attached hydrogens (tertiary/aromatic N) is 2. The molecule has 1 aromatic carbocycles. The molecule has 1 aromatic heterocycles. The van der Waals surface area contributed by atoms with Crippen molar-refractivity contribution in [3.8, 4) is 0 Å². The summed E-state index contributed by atoms with van der Waals surface area (Å²) in [6, 6.07) is 8.38. The molecule has 0 unspecified atom stereocenters. The lowest BCUT2D eigenvalue weighted by Gasteiger charge is -2.21. The highest BCUT2D eigenvalue weighted by Gasteiger charge is 2.42. The third kappa shape index (κ3) is 3.06. The SMILES string of the molecule is CN(CCO)C1=C(c2cccs2)C(=O)N(c2cccc(Cl)c2Cl)C1=O. The number of aliphatic hydroxyl groups is 1. The van der Waals surface area contributed by atoms with Crippen molar-refractivity contribution in [2.75, 3.05) is 25.1 Å². The number of likely N-dealkylation sites (N-methyl/N-ethyl adjacent to an activating group) is 1. The van der Waals surface area contributed by atoms with Gasteiger partial charge in [0.1, 0.15) is 5.70 Å². The number of aliphatic hydroxyl groups excluding tert-OH is 1. The summed E-state index contributed by atoms with van der Waals surface area (Å²) in [4.78, 5) is 29.4. The van der Waals surface area contributed by atoms with E-state index in [2.05, 4.69) is 0 Å². The first-order valence-corrected chi connectivity index (χ1v) is 9.04. The zero-order valence-corrected chi connectivity index (χ0v) is 15.5. The summed E-state index contributed by atoms with van der Waals surface area (Å²) < 4.78 is 0. The molecule has 1 N–H and O–H groups in total. The van der Waals surface area contributed by atoms with Crippen molar-refractivity contribution < 1.29 is 14.7 Å². The highest BCUT2D eigenvalue weighted by molar-refractivity contribution is 7.11. The molecule has 0 saturated carbocycles. The maximum atomic E-state index is 13.1. The van der Waals surface area contributed by atoms with Crippen LogP contribution in [0.4, 0.5) is 5.69 Å². The van der Waals surface area contributed by atoms with E-state index in [1.165, 1.54) is 11.3 Å². The molecule has 0 bridgehead atoms. The van der Waals surface area contributed by atoms with Crippen LogP contribution >= 0.6 is 34.5 Å². The van der Waals surface area contributed by atoms with E-state index in [4.69, 9.17) is 23.2 Å². The molecular formula is C17H14Cl2N2O3S. The molecule has 0 atom stereocenters. The van der Waals surface area contributed by atoms with E-state index in [1.54, 1.807) is 36.2 Å². The van der Waals surface area contributed by atoms with Crippen LogP contribution in [-0.4, -0.2) is 42.0 Å². The zero-order chi connectivity index (χ0) is 18.1. The quantitative estimate of drug-likeness (QED) is 0.787. The number of thiophene rings is 1. The Morgan fingerprint density at radius 1 is 1.16 bits per heavy atom. The fourth-order valence-electron chi connectivity index (χ4n) is 2.66. The number of carbonyl (C=O) groups excluding carboxylic acids is 2. The number of imide groups is 1. The third-order valence-electron chi connectivity index (χ3n) is 3.82. The Balaban J connectivity index is 2.14. The molecule has 0 radical (unpaired) electrons. The molecule has 2 aromatic rings. The molecule has 2 heterocycles. The van der Waals surface area contributed by atoms with Gasteiger partial charge in [0, 0.05) is 18.5 Å². The summed E-state index contributed by atoms with van der Waals surface area (Å²) in [6.45, 7) is 0.0808. The molecule has 25 heavy (non-hydrogen) atoms. The van der Waals surface area contributed by atoms with Crippen LogP contribution in [0.2, 0.25) is 10.0 Å². The lowest BCUT2D eigenvalue weighted by molar-refractivity contribution is -0.120. The fraction of sp³-hybridized carbons (Fsp3) is 0.176. The van der Waals surface area contributed by atoms with Gasteiger partial charge < -0.3 is 10.0 Å². The number of benzene rings is 1. The van der Waals surface area contributed by atoms with E-state index >= 15 is 0 Å². The molecule has 5 nitrogen and oxygen atoms in total. The first kappa shape index (κ1) is 17.9. The smallest absolute Gasteiger partial charge is 0.282 e. The maximum absolute atomic E-state index is 13.1. The number of halogens is 2. The van der Waals surface area contributed by atoms with Gasteiger partial charge in [0.15, 0.2) is 0 Å². The Morgan fingerprint density at radius 2 is 1.92 bits per heavy atom. The minimum atomic E-state index is -0.492. The van der Waals surface area contributed by atoms with E-state index < -0.39 is 11.8 Å². The maximum Gasteiger partial charge on any atom is 0.282 e. The minimum Gasteiger partial charge on any atom is -0.395 e. The molecule has 8 heteroatoms. The van der Waals surface area contributed by atoms with Crippen LogP contribution in [0.25, 0.3) is 5.57 Å². The molecule has 3 rings (SSSR count). The molecule has 0 spiro atoms. The van der Waals surface area contributed by atoms with Crippen molar-refractivity contribution in [3.05, 3.63) is 56.3 Å². The van der Waals surface area contributed by atoms with Gasteiger partial charge in [0.05, 0.1) is 27.9 Å². The molecule has 0 saturated heterocycles. The van der Waals surface area contributed by atoms with Gasteiger partial charge in [-0.3, -0.25) is 9.59 Å². The van der Waals surface area contributed by atoms with Crippen molar-refractivity contribution in [1.29, 1.82) is 0 Å². The standard InChI is InChI=1S/C17H14Cl2N2O3S/c1-20(7-8-22)15-13(12-6-3-9-25-12)16(23)21(17(15)24)11-5-2-4-10(18)14(11)19/h2-6,9,22H,7-8H2,1H3. The second-order valence-corrected chi connectivity index (χ2v) is 7.10. The second-order valence-electron chi connectivity index (χ2n) is 5.36. The fourth-order valence-corrected chi connectivity index (χ4v) is 3.80. The van der Waals surface area contributed by atoms with E-state index in [0.29, 0.717) is 10.5 Å². The van der Waals surface area contributed by atoms with Crippen LogP contribution in [0.5, 0.6) is 0 Å². The van der Waals surface area contributed by atoms with E-state index in [0.717, 1.165) is 4.90 Å². The van der Waals surface area contributed by atoms with Gasteiger partial charge in [-0.2, -0.15) is 0 Å². The number of carbonyl (C=O) groups is 2.